The number of primary amides is 1. The third kappa shape index (κ3) is 3.53. The average Bonchev–Trinajstić information content (AvgIpc) is 2.27. The van der Waals surface area contributed by atoms with Crippen LogP contribution < -0.4 is 15.2 Å². The highest BCUT2D eigenvalue weighted by molar-refractivity contribution is 6.32. The lowest BCUT2D eigenvalue weighted by Gasteiger charge is -2.11. The molecule has 1 aromatic rings. The summed E-state index contributed by atoms with van der Waals surface area (Å²) in [7, 11) is 1.42. The van der Waals surface area contributed by atoms with E-state index >= 15 is 0 Å². The topological polar surface area (TPSA) is 94.1 Å². The number of hydrogen-bond donors (Lipinski definition) is 2. The first-order valence-corrected chi connectivity index (χ1v) is 4.92. The third-order valence-corrected chi connectivity index (χ3v) is 2.10. The van der Waals surface area contributed by atoms with E-state index in [2.05, 4.69) is 5.16 Å². The molecule has 3 N–H and O–H groups in total. The molecule has 0 aliphatic heterocycles. The normalized spacial score (nSPS) is 10.5. The summed E-state index contributed by atoms with van der Waals surface area (Å²) >= 11 is 5.93. The zero-order valence-corrected chi connectivity index (χ0v) is 9.77. The number of amides is 1. The summed E-state index contributed by atoms with van der Waals surface area (Å²) in [6, 6.07) is 3.04. The molecule has 6 nitrogen and oxygen atoms in total. The highest BCUT2D eigenvalue weighted by atomic mass is 35.5. The highest BCUT2D eigenvalue weighted by Gasteiger charge is 2.12. The molecule has 0 unspecified atom stereocenters. The van der Waals surface area contributed by atoms with E-state index in [1.807, 2.05) is 0 Å². The Kier molecular flexibility index (Phi) is 4.59. The Morgan fingerprint density at radius 2 is 2.35 bits per heavy atom. The first kappa shape index (κ1) is 13.1. The van der Waals surface area contributed by atoms with Gasteiger partial charge >= 0.3 is 0 Å². The number of rotatable bonds is 5. The van der Waals surface area contributed by atoms with Crippen LogP contribution in [0.2, 0.25) is 5.02 Å². The Morgan fingerprint density at radius 3 is 2.88 bits per heavy atom. The maximum atomic E-state index is 10.6. The van der Waals surface area contributed by atoms with Gasteiger partial charge in [0.15, 0.2) is 18.1 Å². The van der Waals surface area contributed by atoms with Gasteiger partial charge in [-0.25, -0.2) is 0 Å². The smallest absolute Gasteiger partial charge is 0.255 e. The standard InChI is InChI=1S/C10H11ClN2O4/c1-16-8-3-6(4-13-15)2-7(11)10(8)17-5-9(12)14/h2-4,15H,5H2,1H3,(H2,12,14)/b13-4+. The van der Waals surface area contributed by atoms with Crippen molar-refractivity contribution in [2.75, 3.05) is 13.7 Å². The van der Waals surface area contributed by atoms with Crippen LogP contribution in [0.1, 0.15) is 5.56 Å². The lowest BCUT2D eigenvalue weighted by molar-refractivity contribution is -0.119. The lowest BCUT2D eigenvalue weighted by atomic mass is 10.2. The highest BCUT2D eigenvalue weighted by Crippen LogP contribution is 2.35. The van der Waals surface area contributed by atoms with Crippen molar-refractivity contribution in [3.05, 3.63) is 22.7 Å². The van der Waals surface area contributed by atoms with Crippen molar-refractivity contribution in [2.24, 2.45) is 10.9 Å². The van der Waals surface area contributed by atoms with Gasteiger partial charge in [-0.1, -0.05) is 16.8 Å². The van der Waals surface area contributed by atoms with E-state index in [9.17, 15) is 4.79 Å². The number of carbonyl (C=O) groups is 1. The quantitative estimate of drug-likeness (QED) is 0.468. The van der Waals surface area contributed by atoms with Crippen LogP contribution in [0.4, 0.5) is 0 Å². The van der Waals surface area contributed by atoms with E-state index in [-0.39, 0.29) is 17.4 Å². The molecule has 1 aromatic carbocycles. The fraction of sp³-hybridized carbons (Fsp3) is 0.200. The van der Waals surface area contributed by atoms with E-state index < -0.39 is 5.91 Å². The molecule has 0 atom stereocenters. The molecule has 0 aliphatic rings. The summed E-state index contributed by atoms with van der Waals surface area (Å²) in [4.78, 5) is 10.6. The largest absolute Gasteiger partial charge is 0.493 e. The van der Waals surface area contributed by atoms with Gasteiger partial charge in [-0.05, 0) is 12.1 Å². The number of oxime groups is 1. The second-order valence-corrected chi connectivity index (χ2v) is 3.44. The van der Waals surface area contributed by atoms with Crippen LogP contribution in [0.3, 0.4) is 0 Å². The molecule has 0 spiro atoms. The van der Waals surface area contributed by atoms with Gasteiger partial charge in [-0.2, -0.15) is 0 Å². The number of nitrogens with two attached hydrogens (primary N) is 1. The monoisotopic (exact) mass is 258 g/mol. The van der Waals surface area contributed by atoms with E-state index in [1.54, 1.807) is 6.07 Å². The Bertz CT molecular complexity index is 448. The van der Waals surface area contributed by atoms with Crippen LogP contribution in [0.15, 0.2) is 17.3 Å². The van der Waals surface area contributed by atoms with Crippen molar-refractivity contribution >= 4 is 23.7 Å². The molecular formula is C10H11ClN2O4. The van der Waals surface area contributed by atoms with Crippen LogP contribution >= 0.6 is 11.6 Å². The van der Waals surface area contributed by atoms with Crippen molar-refractivity contribution < 1.29 is 19.5 Å². The number of benzene rings is 1. The molecule has 0 bridgehead atoms. The summed E-state index contributed by atoms with van der Waals surface area (Å²) < 4.78 is 10.2. The lowest BCUT2D eigenvalue weighted by Crippen LogP contribution is -2.20. The zero-order valence-electron chi connectivity index (χ0n) is 9.01. The molecule has 1 rings (SSSR count). The summed E-state index contributed by atoms with van der Waals surface area (Å²) in [5, 5.41) is 11.5. The maximum Gasteiger partial charge on any atom is 0.255 e. The Hall–Kier alpha value is -1.95. The minimum Gasteiger partial charge on any atom is -0.493 e. The number of halogens is 1. The molecule has 0 fully saturated rings. The molecule has 7 heteroatoms. The fourth-order valence-corrected chi connectivity index (χ4v) is 1.44. The van der Waals surface area contributed by atoms with Gasteiger partial charge in [0.25, 0.3) is 5.91 Å². The van der Waals surface area contributed by atoms with Crippen LogP contribution in [0.25, 0.3) is 0 Å². The number of nitrogens with zero attached hydrogens (tertiary/aromatic N) is 1. The Labute approximate surface area is 103 Å². The van der Waals surface area contributed by atoms with Gasteiger partial charge < -0.3 is 20.4 Å². The van der Waals surface area contributed by atoms with Gasteiger partial charge in [0.1, 0.15) is 0 Å². The van der Waals surface area contributed by atoms with Crippen molar-refractivity contribution in [3.63, 3.8) is 0 Å². The van der Waals surface area contributed by atoms with Gasteiger partial charge in [0, 0.05) is 5.56 Å². The van der Waals surface area contributed by atoms with Crippen LogP contribution in [0.5, 0.6) is 11.5 Å². The summed E-state index contributed by atoms with van der Waals surface area (Å²) in [6.07, 6.45) is 1.19. The van der Waals surface area contributed by atoms with Crippen molar-refractivity contribution in [1.82, 2.24) is 0 Å². The molecule has 17 heavy (non-hydrogen) atoms. The molecule has 0 saturated heterocycles. The third-order valence-electron chi connectivity index (χ3n) is 1.82. The summed E-state index contributed by atoms with van der Waals surface area (Å²) in [6.45, 7) is -0.302. The van der Waals surface area contributed by atoms with E-state index in [1.165, 1.54) is 19.4 Å². The molecule has 1 amide bonds. The summed E-state index contributed by atoms with van der Waals surface area (Å²) in [5.74, 6) is -0.0965. The number of carbonyl (C=O) groups excluding carboxylic acids is 1. The van der Waals surface area contributed by atoms with Crippen LogP contribution in [-0.4, -0.2) is 31.0 Å². The van der Waals surface area contributed by atoms with E-state index in [0.29, 0.717) is 11.3 Å². The fourth-order valence-electron chi connectivity index (χ4n) is 1.16. The zero-order chi connectivity index (χ0) is 12.8. The predicted octanol–water partition coefficient (Wildman–Crippen LogP) is 1.02. The SMILES string of the molecule is COc1cc(/C=N/O)cc(Cl)c1OCC(N)=O. The molecule has 0 saturated carbocycles. The first-order chi connectivity index (χ1) is 8.08. The number of methoxy groups -OCH3 is 1. The molecule has 0 heterocycles. The Balaban J connectivity index is 3.07. The minimum atomic E-state index is -0.621. The van der Waals surface area contributed by atoms with Crippen LogP contribution in [-0.2, 0) is 4.79 Å². The van der Waals surface area contributed by atoms with Gasteiger partial charge in [-0.3, -0.25) is 4.79 Å². The maximum absolute atomic E-state index is 10.6. The second kappa shape index (κ2) is 5.95. The van der Waals surface area contributed by atoms with Crippen molar-refractivity contribution in [3.8, 4) is 11.5 Å². The molecule has 0 radical (unpaired) electrons. The molecule has 92 valence electrons. The van der Waals surface area contributed by atoms with Gasteiger partial charge in [-0.15, -0.1) is 0 Å². The number of ether oxygens (including phenoxy) is 2. The van der Waals surface area contributed by atoms with Crippen molar-refractivity contribution in [2.45, 2.75) is 0 Å². The second-order valence-electron chi connectivity index (χ2n) is 3.03. The molecule has 0 aliphatic carbocycles. The van der Waals surface area contributed by atoms with Gasteiger partial charge in [0.05, 0.1) is 18.3 Å². The minimum absolute atomic E-state index is 0.211. The Morgan fingerprint density at radius 1 is 1.65 bits per heavy atom. The molecular weight excluding hydrogens is 248 g/mol. The number of hydrogen-bond acceptors (Lipinski definition) is 5. The van der Waals surface area contributed by atoms with Gasteiger partial charge in [0.2, 0.25) is 0 Å². The molecule has 0 aromatic heterocycles. The van der Waals surface area contributed by atoms with Crippen LogP contribution in [0, 0.1) is 0 Å². The van der Waals surface area contributed by atoms with E-state index in [4.69, 9.17) is 32.0 Å². The average molecular weight is 259 g/mol. The first-order valence-electron chi connectivity index (χ1n) is 4.54. The predicted molar refractivity (Wildman–Crippen MR) is 62.1 cm³/mol. The summed E-state index contributed by atoms with van der Waals surface area (Å²) in [5.41, 5.74) is 5.49. The van der Waals surface area contributed by atoms with E-state index in [0.717, 1.165) is 0 Å². The van der Waals surface area contributed by atoms with Crippen molar-refractivity contribution in [1.29, 1.82) is 0 Å².